The number of benzene rings is 9. The van der Waals surface area contributed by atoms with E-state index in [1.54, 1.807) is 0 Å². The van der Waals surface area contributed by atoms with E-state index in [1.807, 2.05) is 6.07 Å². The molecule has 1 aromatic heterocycles. The van der Waals surface area contributed by atoms with E-state index in [1.165, 1.54) is 59.4 Å². The Morgan fingerprint density at radius 3 is 1.77 bits per heavy atom. The first kappa shape index (κ1) is 26.8. The van der Waals surface area contributed by atoms with E-state index in [9.17, 15) is 0 Å². The summed E-state index contributed by atoms with van der Waals surface area (Å²) in [6.07, 6.45) is 0. The van der Waals surface area contributed by atoms with Crippen molar-refractivity contribution in [3.8, 4) is 33.6 Å². The first-order chi connectivity index (χ1) is 23.8. The van der Waals surface area contributed by atoms with Gasteiger partial charge in [0.1, 0.15) is 0 Å². The Hall–Kier alpha value is -6.38. The summed E-state index contributed by atoms with van der Waals surface area (Å²) in [5, 5.41) is 12.5. The Kier molecular flexibility index (Phi) is 5.91. The SMILES string of the molecule is c1ccc(-c2nc3cc(-c4cc5c(ccc6ccc7ccccc7c65)c5ccccc45)ccc3nc2-c2ccc3ccccc3c2)cc1. The molecule has 0 N–H and O–H groups in total. The van der Waals surface area contributed by atoms with Crippen LogP contribution in [0.4, 0.5) is 0 Å². The highest BCUT2D eigenvalue weighted by atomic mass is 14.8. The molecule has 0 aliphatic heterocycles. The van der Waals surface area contributed by atoms with Crippen molar-refractivity contribution in [2.45, 2.75) is 0 Å². The minimum absolute atomic E-state index is 0.878. The van der Waals surface area contributed by atoms with Gasteiger partial charge in [-0.3, -0.25) is 0 Å². The lowest BCUT2D eigenvalue weighted by Crippen LogP contribution is -1.96. The maximum atomic E-state index is 5.36. The van der Waals surface area contributed by atoms with E-state index in [0.717, 1.165) is 39.1 Å². The zero-order chi connectivity index (χ0) is 31.6. The zero-order valence-electron chi connectivity index (χ0n) is 26.1. The summed E-state index contributed by atoms with van der Waals surface area (Å²) in [6.45, 7) is 0. The maximum absolute atomic E-state index is 5.36. The topological polar surface area (TPSA) is 25.8 Å². The molecule has 0 bridgehead atoms. The predicted molar refractivity (Wildman–Crippen MR) is 203 cm³/mol. The van der Waals surface area contributed by atoms with E-state index in [0.29, 0.717) is 0 Å². The van der Waals surface area contributed by atoms with Gasteiger partial charge in [0.15, 0.2) is 0 Å². The number of rotatable bonds is 3. The first-order valence-corrected chi connectivity index (χ1v) is 16.4. The van der Waals surface area contributed by atoms with Crippen molar-refractivity contribution in [1.82, 2.24) is 9.97 Å². The van der Waals surface area contributed by atoms with Gasteiger partial charge in [0, 0.05) is 11.1 Å². The average molecular weight is 609 g/mol. The molecule has 2 nitrogen and oxygen atoms in total. The van der Waals surface area contributed by atoms with Gasteiger partial charge in [-0.15, -0.1) is 0 Å². The third kappa shape index (κ3) is 4.20. The summed E-state index contributed by atoms with van der Waals surface area (Å²) < 4.78 is 0. The Labute approximate surface area is 277 Å². The maximum Gasteiger partial charge on any atom is 0.0973 e. The molecule has 10 rings (SSSR count). The highest BCUT2D eigenvalue weighted by Crippen LogP contribution is 2.41. The zero-order valence-corrected chi connectivity index (χ0v) is 26.1. The van der Waals surface area contributed by atoms with E-state index in [4.69, 9.17) is 9.97 Å². The molecule has 222 valence electrons. The summed E-state index contributed by atoms with van der Waals surface area (Å²) in [5.41, 5.74) is 7.97. The van der Waals surface area contributed by atoms with E-state index in [2.05, 4.69) is 164 Å². The quantitative estimate of drug-likeness (QED) is 0.187. The summed E-state index contributed by atoms with van der Waals surface area (Å²) in [5.74, 6) is 0. The average Bonchev–Trinajstić information content (AvgIpc) is 3.16. The summed E-state index contributed by atoms with van der Waals surface area (Å²) in [4.78, 5) is 10.6. The summed E-state index contributed by atoms with van der Waals surface area (Å²) >= 11 is 0. The molecular formula is C46H28N2. The second kappa shape index (κ2) is 10.6. The van der Waals surface area contributed by atoms with Crippen LogP contribution in [0.5, 0.6) is 0 Å². The van der Waals surface area contributed by atoms with Crippen molar-refractivity contribution in [2.24, 2.45) is 0 Å². The molecule has 0 saturated heterocycles. The summed E-state index contributed by atoms with van der Waals surface area (Å²) in [6, 6.07) is 60.9. The molecule has 0 atom stereocenters. The Morgan fingerprint density at radius 1 is 0.292 bits per heavy atom. The van der Waals surface area contributed by atoms with Gasteiger partial charge >= 0.3 is 0 Å². The van der Waals surface area contributed by atoms with Crippen LogP contribution in [0.15, 0.2) is 170 Å². The molecule has 9 aromatic carbocycles. The number of fused-ring (bicyclic) bond motifs is 9. The fraction of sp³-hybridized carbons (Fsp3) is 0. The Bertz CT molecular complexity index is 2890. The van der Waals surface area contributed by atoms with Crippen LogP contribution in [-0.4, -0.2) is 9.97 Å². The van der Waals surface area contributed by atoms with Crippen molar-refractivity contribution in [3.05, 3.63) is 170 Å². The van der Waals surface area contributed by atoms with Crippen LogP contribution in [-0.2, 0) is 0 Å². The standard InChI is InChI=1S/C46H28N2/c1-2-12-32(13-3-1)45-46(35-21-18-29-10-4-5-14-33(29)26-35)47-42-25-23-34(27-43(42)48-45)40-28-41-39(37-16-8-9-17-38(37)40)24-22-31-20-19-30-11-6-7-15-36(30)44(31)41/h1-28H. The number of aromatic nitrogens is 2. The van der Waals surface area contributed by atoms with Crippen molar-refractivity contribution in [2.75, 3.05) is 0 Å². The summed E-state index contributed by atoms with van der Waals surface area (Å²) in [7, 11) is 0. The normalized spacial score (nSPS) is 11.8. The molecule has 0 unspecified atom stereocenters. The molecule has 10 aromatic rings. The highest BCUT2D eigenvalue weighted by Gasteiger charge is 2.17. The van der Waals surface area contributed by atoms with Gasteiger partial charge in [-0.05, 0) is 89.3 Å². The highest BCUT2D eigenvalue weighted by molar-refractivity contribution is 6.26. The molecule has 0 aliphatic carbocycles. The fourth-order valence-electron chi connectivity index (χ4n) is 7.48. The van der Waals surface area contributed by atoms with Crippen LogP contribution in [0.25, 0.3) is 98.5 Å². The second-order valence-corrected chi connectivity index (χ2v) is 12.6. The minimum Gasteiger partial charge on any atom is -0.244 e. The van der Waals surface area contributed by atoms with Gasteiger partial charge in [0.25, 0.3) is 0 Å². The third-order valence-corrected chi connectivity index (χ3v) is 9.79. The fourth-order valence-corrected chi connectivity index (χ4v) is 7.48. The van der Waals surface area contributed by atoms with Crippen molar-refractivity contribution in [3.63, 3.8) is 0 Å². The molecular weight excluding hydrogens is 581 g/mol. The van der Waals surface area contributed by atoms with Crippen LogP contribution in [0.2, 0.25) is 0 Å². The molecule has 48 heavy (non-hydrogen) atoms. The number of hydrogen-bond acceptors (Lipinski definition) is 2. The lowest BCUT2D eigenvalue weighted by molar-refractivity contribution is 1.29. The van der Waals surface area contributed by atoms with Crippen molar-refractivity contribution < 1.29 is 0 Å². The third-order valence-electron chi connectivity index (χ3n) is 9.79. The molecule has 0 radical (unpaired) electrons. The molecule has 1 heterocycles. The van der Waals surface area contributed by atoms with Crippen molar-refractivity contribution >= 4 is 64.9 Å². The van der Waals surface area contributed by atoms with Crippen LogP contribution < -0.4 is 0 Å². The van der Waals surface area contributed by atoms with Crippen LogP contribution in [0.3, 0.4) is 0 Å². The minimum atomic E-state index is 0.878. The van der Waals surface area contributed by atoms with Crippen molar-refractivity contribution in [1.29, 1.82) is 0 Å². The van der Waals surface area contributed by atoms with E-state index < -0.39 is 0 Å². The monoisotopic (exact) mass is 608 g/mol. The smallest absolute Gasteiger partial charge is 0.0973 e. The largest absolute Gasteiger partial charge is 0.244 e. The van der Waals surface area contributed by atoms with Gasteiger partial charge in [-0.1, -0.05) is 146 Å². The predicted octanol–water partition coefficient (Wildman–Crippen LogP) is 12.4. The van der Waals surface area contributed by atoms with Gasteiger partial charge in [-0.2, -0.15) is 0 Å². The number of hydrogen-bond donors (Lipinski definition) is 0. The van der Waals surface area contributed by atoms with Gasteiger partial charge in [0.2, 0.25) is 0 Å². The molecule has 0 amide bonds. The number of nitrogens with zero attached hydrogens (tertiary/aromatic N) is 2. The van der Waals surface area contributed by atoms with Gasteiger partial charge in [0.05, 0.1) is 22.4 Å². The van der Waals surface area contributed by atoms with E-state index in [-0.39, 0.29) is 0 Å². The Morgan fingerprint density at radius 2 is 0.896 bits per heavy atom. The molecule has 0 saturated carbocycles. The molecule has 2 heteroatoms. The Balaban J connectivity index is 1.24. The van der Waals surface area contributed by atoms with E-state index >= 15 is 0 Å². The second-order valence-electron chi connectivity index (χ2n) is 12.6. The van der Waals surface area contributed by atoms with Gasteiger partial charge < -0.3 is 0 Å². The molecule has 0 spiro atoms. The molecule has 0 fully saturated rings. The van der Waals surface area contributed by atoms with Crippen LogP contribution in [0, 0.1) is 0 Å². The lowest BCUT2D eigenvalue weighted by Gasteiger charge is -2.15. The lowest BCUT2D eigenvalue weighted by atomic mass is 9.89. The van der Waals surface area contributed by atoms with Crippen LogP contribution in [0.1, 0.15) is 0 Å². The van der Waals surface area contributed by atoms with Gasteiger partial charge in [-0.25, -0.2) is 9.97 Å². The molecule has 0 aliphatic rings. The van der Waals surface area contributed by atoms with Crippen LogP contribution >= 0.6 is 0 Å². The first-order valence-electron chi connectivity index (χ1n) is 16.4.